The van der Waals surface area contributed by atoms with Crippen molar-refractivity contribution in [2.45, 2.75) is 25.5 Å². The summed E-state index contributed by atoms with van der Waals surface area (Å²) in [5, 5.41) is 0. The number of cyclic esters (lactones) is 1. The van der Waals surface area contributed by atoms with Gasteiger partial charge in [-0.1, -0.05) is 6.42 Å². The van der Waals surface area contributed by atoms with Crippen LogP contribution < -0.4 is 0 Å². The highest BCUT2D eigenvalue weighted by Gasteiger charge is 2.33. The Morgan fingerprint density at radius 3 is 2.83 bits per heavy atom. The molecule has 1 aromatic heterocycles. The fourth-order valence-corrected chi connectivity index (χ4v) is 2.49. The molecule has 18 heavy (non-hydrogen) atoms. The van der Waals surface area contributed by atoms with Gasteiger partial charge in [-0.25, -0.2) is 14.8 Å². The fourth-order valence-electron chi connectivity index (χ4n) is 2.49. The van der Waals surface area contributed by atoms with Crippen LogP contribution in [-0.2, 0) is 9.53 Å². The van der Waals surface area contributed by atoms with Gasteiger partial charge in [-0.2, -0.15) is 0 Å². The molecule has 1 aromatic rings. The normalized spacial score (nSPS) is 24.8. The van der Waals surface area contributed by atoms with Crippen LogP contribution in [0.1, 0.15) is 25.0 Å². The summed E-state index contributed by atoms with van der Waals surface area (Å²) in [7, 11) is 0. The molecule has 0 saturated carbocycles. The minimum atomic E-state index is -0.279. The zero-order valence-electron chi connectivity index (χ0n) is 10.1. The molecule has 0 radical (unpaired) electrons. The van der Waals surface area contributed by atoms with Gasteiger partial charge >= 0.3 is 5.97 Å². The van der Waals surface area contributed by atoms with E-state index in [4.69, 9.17) is 4.74 Å². The van der Waals surface area contributed by atoms with Crippen LogP contribution in [0.2, 0.25) is 0 Å². The van der Waals surface area contributed by atoms with E-state index in [0.717, 1.165) is 37.2 Å². The van der Waals surface area contributed by atoms with E-state index in [9.17, 15) is 4.79 Å². The van der Waals surface area contributed by atoms with Crippen molar-refractivity contribution in [3.8, 4) is 0 Å². The van der Waals surface area contributed by atoms with Crippen LogP contribution in [0.4, 0.5) is 0 Å². The molecular formula is C13H15N3O2. The summed E-state index contributed by atoms with van der Waals surface area (Å²) in [6, 6.07) is 1.81. The van der Waals surface area contributed by atoms with Crippen LogP contribution in [0.15, 0.2) is 24.7 Å². The van der Waals surface area contributed by atoms with E-state index < -0.39 is 0 Å². The van der Waals surface area contributed by atoms with Crippen molar-refractivity contribution >= 4 is 11.5 Å². The van der Waals surface area contributed by atoms with Gasteiger partial charge in [0.15, 0.2) is 6.23 Å². The van der Waals surface area contributed by atoms with E-state index >= 15 is 0 Å². The molecule has 0 amide bonds. The molecule has 5 nitrogen and oxygen atoms in total. The van der Waals surface area contributed by atoms with Crippen molar-refractivity contribution in [1.29, 1.82) is 0 Å². The van der Waals surface area contributed by atoms with Crippen molar-refractivity contribution in [3.05, 3.63) is 30.4 Å². The molecule has 5 heteroatoms. The van der Waals surface area contributed by atoms with E-state index in [1.54, 1.807) is 12.3 Å². The second-order valence-corrected chi connectivity index (χ2v) is 4.58. The fraction of sp³-hybridized carbons (Fsp3) is 0.462. The first kappa shape index (κ1) is 11.3. The van der Waals surface area contributed by atoms with Gasteiger partial charge in [-0.3, -0.25) is 4.90 Å². The molecule has 0 bridgehead atoms. The number of nitrogens with zero attached hydrogens (tertiary/aromatic N) is 3. The third-order valence-corrected chi connectivity index (χ3v) is 3.37. The molecule has 1 unspecified atom stereocenters. The maximum Gasteiger partial charge on any atom is 0.333 e. The lowest BCUT2D eigenvalue weighted by Crippen LogP contribution is -2.40. The molecule has 0 spiro atoms. The molecule has 0 N–H and O–H groups in total. The standard InChI is InChI=1S/C13H15N3O2/c17-12-8-10(11-4-5-14-9-15-11)13(18-12)16-6-2-1-3-7-16/h4-5,8-9,13H,1-3,6-7H2. The molecule has 2 aliphatic heterocycles. The van der Waals surface area contributed by atoms with Gasteiger partial charge in [0, 0.05) is 30.9 Å². The number of piperidine rings is 1. The predicted octanol–water partition coefficient (Wildman–Crippen LogP) is 1.23. The summed E-state index contributed by atoms with van der Waals surface area (Å²) in [6.07, 6.45) is 8.01. The van der Waals surface area contributed by atoms with E-state index in [0.29, 0.717) is 0 Å². The van der Waals surface area contributed by atoms with E-state index in [1.165, 1.54) is 12.7 Å². The monoisotopic (exact) mass is 245 g/mol. The Hall–Kier alpha value is -1.75. The molecule has 0 aromatic carbocycles. The smallest absolute Gasteiger partial charge is 0.333 e. The molecule has 1 atom stereocenters. The number of carbonyl (C=O) groups excluding carboxylic acids is 1. The van der Waals surface area contributed by atoms with E-state index in [2.05, 4.69) is 14.9 Å². The zero-order chi connectivity index (χ0) is 12.4. The number of hydrogen-bond donors (Lipinski definition) is 0. The molecule has 0 aliphatic carbocycles. The lowest BCUT2D eigenvalue weighted by molar-refractivity contribution is -0.145. The average molecular weight is 245 g/mol. The van der Waals surface area contributed by atoms with Gasteiger partial charge in [0.05, 0.1) is 5.69 Å². The summed E-state index contributed by atoms with van der Waals surface area (Å²) in [5.41, 5.74) is 1.62. The van der Waals surface area contributed by atoms with Crippen LogP contribution in [0, 0.1) is 0 Å². The van der Waals surface area contributed by atoms with Gasteiger partial charge in [-0.05, 0) is 18.9 Å². The maximum absolute atomic E-state index is 11.5. The molecular weight excluding hydrogens is 230 g/mol. The second-order valence-electron chi connectivity index (χ2n) is 4.58. The highest BCUT2D eigenvalue weighted by Crippen LogP contribution is 2.29. The first-order valence-electron chi connectivity index (χ1n) is 6.27. The van der Waals surface area contributed by atoms with Crippen molar-refractivity contribution in [2.75, 3.05) is 13.1 Å². The molecule has 3 heterocycles. The van der Waals surface area contributed by atoms with Crippen molar-refractivity contribution < 1.29 is 9.53 Å². The summed E-state index contributed by atoms with van der Waals surface area (Å²) in [4.78, 5) is 21.8. The van der Waals surface area contributed by atoms with Gasteiger partial charge < -0.3 is 4.74 Å². The Morgan fingerprint density at radius 1 is 1.28 bits per heavy atom. The van der Waals surface area contributed by atoms with Crippen LogP contribution in [0.3, 0.4) is 0 Å². The average Bonchev–Trinajstić information content (AvgIpc) is 2.83. The van der Waals surface area contributed by atoms with Gasteiger partial charge in [0.2, 0.25) is 0 Å². The minimum absolute atomic E-state index is 0.271. The largest absolute Gasteiger partial charge is 0.439 e. The number of esters is 1. The number of hydrogen-bond acceptors (Lipinski definition) is 5. The van der Waals surface area contributed by atoms with Crippen LogP contribution in [-0.4, -0.2) is 40.2 Å². The van der Waals surface area contributed by atoms with Crippen molar-refractivity contribution in [3.63, 3.8) is 0 Å². The predicted molar refractivity (Wildman–Crippen MR) is 65.3 cm³/mol. The molecule has 1 saturated heterocycles. The SMILES string of the molecule is O=C1C=C(c2ccncn2)C(N2CCCCC2)O1. The Labute approximate surface area is 105 Å². The quantitative estimate of drug-likeness (QED) is 0.733. The Balaban J connectivity index is 1.86. The van der Waals surface area contributed by atoms with E-state index in [1.807, 2.05) is 6.07 Å². The highest BCUT2D eigenvalue weighted by molar-refractivity contribution is 5.96. The first-order chi connectivity index (χ1) is 8.84. The van der Waals surface area contributed by atoms with Crippen molar-refractivity contribution in [1.82, 2.24) is 14.9 Å². The van der Waals surface area contributed by atoms with Gasteiger partial charge in [-0.15, -0.1) is 0 Å². The first-order valence-corrected chi connectivity index (χ1v) is 6.27. The summed E-state index contributed by atoms with van der Waals surface area (Å²) in [5.74, 6) is -0.279. The number of aromatic nitrogens is 2. The molecule has 2 aliphatic rings. The Kier molecular flexibility index (Phi) is 3.06. The third-order valence-electron chi connectivity index (χ3n) is 3.37. The topological polar surface area (TPSA) is 55.3 Å². The minimum Gasteiger partial charge on any atom is -0.439 e. The highest BCUT2D eigenvalue weighted by atomic mass is 16.6. The maximum atomic E-state index is 11.5. The molecule has 94 valence electrons. The summed E-state index contributed by atoms with van der Waals surface area (Å²) in [6.45, 7) is 1.95. The zero-order valence-corrected chi connectivity index (χ0v) is 10.1. The summed E-state index contributed by atoms with van der Waals surface area (Å²) < 4.78 is 5.40. The Bertz CT molecular complexity index is 466. The molecule has 3 rings (SSSR count). The van der Waals surface area contributed by atoms with Crippen molar-refractivity contribution in [2.24, 2.45) is 0 Å². The van der Waals surface area contributed by atoms with E-state index in [-0.39, 0.29) is 12.2 Å². The van der Waals surface area contributed by atoms with Gasteiger partial charge in [0.1, 0.15) is 6.33 Å². The Morgan fingerprint density at radius 2 is 2.11 bits per heavy atom. The lowest BCUT2D eigenvalue weighted by atomic mass is 10.1. The van der Waals surface area contributed by atoms with Crippen LogP contribution in [0.5, 0.6) is 0 Å². The number of ether oxygens (including phenoxy) is 1. The number of rotatable bonds is 2. The number of likely N-dealkylation sites (tertiary alicyclic amines) is 1. The second kappa shape index (κ2) is 4.86. The van der Waals surface area contributed by atoms with Crippen LogP contribution >= 0.6 is 0 Å². The van der Waals surface area contributed by atoms with Crippen LogP contribution in [0.25, 0.3) is 5.57 Å². The third kappa shape index (κ3) is 2.13. The molecule has 1 fully saturated rings. The summed E-state index contributed by atoms with van der Waals surface area (Å²) >= 11 is 0. The van der Waals surface area contributed by atoms with Gasteiger partial charge in [0.25, 0.3) is 0 Å². The lowest BCUT2D eigenvalue weighted by Gasteiger charge is -2.32. The number of carbonyl (C=O) groups is 1.